The first-order valence-electron chi connectivity index (χ1n) is 6.91. The van der Waals surface area contributed by atoms with Gasteiger partial charge in [0.25, 0.3) is 0 Å². The minimum Gasteiger partial charge on any atom is -0.494 e. The molecule has 0 spiro atoms. The van der Waals surface area contributed by atoms with Crippen molar-refractivity contribution < 1.29 is 18.7 Å². The second-order valence-electron chi connectivity index (χ2n) is 5.09. The van der Waals surface area contributed by atoms with Crippen LogP contribution in [-0.2, 0) is 16.1 Å². The second-order valence-corrected chi connectivity index (χ2v) is 5.09. The van der Waals surface area contributed by atoms with Crippen LogP contribution in [0.25, 0.3) is 0 Å². The smallest absolute Gasteiger partial charge is 0.245 e. The molecule has 0 aliphatic carbocycles. The highest BCUT2D eigenvalue weighted by Crippen LogP contribution is 2.21. The summed E-state index contributed by atoms with van der Waals surface area (Å²) in [5.41, 5.74) is 0.627. The molecule has 1 aromatic rings. The van der Waals surface area contributed by atoms with E-state index >= 15 is 0 Å². The van der Waals surface area contributed by atoms with Crippen molar-refractivity contribution in [2.75, 3.05) is 7.11 Å². The number of nitrogens with zero attached hydrogens (tertiary/aromatic N) is 1. The van der Waals surface area contributed by atoms with E-state index in [1.165, 1.54) is 24.1 Å². The van der Waals surface area contributed by atoms with E-state index in [2.05, 4.69) is 5.32 Å². The molecule has 1 N–H and O–H groups in total. The molecule has 114 valence electrons. The second kappa shape index (κ2) is 6.11. The van der Waals surface area contributed by atoms with Gasteiger partial charge in [0, 0.05) is 6.54 Å². The van der Waals surface area contributed by atoms with Crippen LogP contribution in [0.2, 0.25) is 0 Å². The Morgan fingerprint density at radius 2 is 2.10 bits per heavy atom. The van der Waals surface area contributed by atoms with Gasteiger partial charge in [-0.25, -0.2) is 4.39 Å². The van der Waals surface area contributed by atoms with Crippen LogP contribution in [-0.4, -0.2) is 35.9 Å². The lowest BCUT2D eigenvalue weighted by molar-refractivity contribution is -0.149. The van der Waals surface area contributed by atoms with Gasteiger partial charge in [0.2, 0.25) is 11.8 Å². The molecule has 2 amide bonds. The number of amides is 2. The van der Waals surface area contributed by atoms with Gasteiger partial charge in [-0.2, -0.15) is 0 Å². The SMILES string of the molecule is CCC1C(=O)NC(C)C(=O)N1Cc1ccc(OC)c(F)c1. The number of halogens is 1. The highest BCUT2D eigenvalue weighted by Gasteiger charge is 2.37. The molecule has 1 aliphatic heterocycles. The van der Waals surface area contributed by atoms with E-state index < -0.39 is 17.9 Å². The van der Waals surface area contributed by atoms with Crippen molar-refractivity contribution in [2.45, 2.75) is 38.9 Å². The van der Waals surface area contributed by atoms with Crippen LogP contribution in [0.3, 0.4) is 0 Å². The highest BCUT2D eigenvalue weighted by atomic mass is 19.1. The van der Waals surface area contributed by atoms with E-state index in [9.17, 15) is 14.0 Å². The number of methoxy groups -OCH3 is 1. The van der Waals surface area contributed by atoms with Crippen molar-refractivity contribution in [3.05, 3.63) is 29.6 Å². The first-order valence-corrected chi connectivity index (χ1v) is 6.91. The summed E-state index contributed by atoms with van der Waals surface area (Å²) in [4.78, 5) is 25.7. The molecule has 2 atom stereocenters. The Balaban J connectivity index is 2.24. The van der Waals surface area contributed by atoms with Gasteiger partial charge >= 0.3 is 0 Å². The van der Waals surface area contributed by atoms with Gasteiger partial charge in [0.15, 0.2) is 11.6 Å². The van der Waals surface area contributed by atoms with Crippen molar-refractivity contribution in [1.29, 1.82) is 0 Å². The molecular formula is C15H19FN2O3. The maximum atomic E-state index is 13.7. The number of rotatable bonds is 4. The number of carbonyl (C=O) groups excluding carboxylic acids is 2. The first-order chi connectivity index (χ1) is 9.97. The average molecular weight is 294 g/mol. The molecule has 6 heteroatoms. The predicted molar refractivity (Wildman–Crippen MR) is 75.2 cm³/mol. The fourth-order valence-electron chi connectivity index (χ4n) is 2.51. The Morgan fingerprint density at radius 3 is 2.67 bits per heavy atom. The number of piperazine rings is 1. The lowest BCUT2D eigenvalue weighted by Gasteiger charge is -2.37. The maximum Gasteiger partial charge on any atom is 0.245 e. The lowest BCUT2D eigenvalue weighted by Crippen LogP contribution is -2.61. The third kappa shape index (κ3) is 2.99. The van der Waals surface area contributed by atoms with Crippen LogP contribution in [0.1, 0.15) is 25.8 Å². The van der Waals surface area contributed by atoms with Gasteiger partial charge in [0.1, 0.15) is 12.1 Å². The van der Waals surface area contributed by atoms with Gasteiger partial charge < -0.3 is 15.0 Å². The monoisotopic (exact) mass is 294 g/mol. The fraction of sp³-hybridized carbons (Fsp3) is 0.467. The van der Waals surface area contributed by atoms with Crippen molar-refractivity contribution >= 4 is 11.8 Å². The standard InChI is InChI=1S/C15H19FN2O3/c1-4-12-14(19)17-9(2)15(20)18(12)8-10-5-6-13(21-3)11(16)7-10/h5-7,9,12H,4,8H2,1-3H3,(H,17,19). The van der Waals surface area contributed by atoms with E-state index in [-0.39, 0.29) is 24.1 Å². The Morgan fingerprint density at radius 1 is 1.38 bits per heavy atom. The molecular weight excluding hydrogens is 275 g/mol. The van der Waals surface area contributed by atoms with Gasteiger partial charge in [-0.1, -0.05) is 13.0 Å². The molecule has 1 saturated heterocycles. The lowest BCUT2D eigenvalue weighted by atomic mass is 10.0. The minimum absolute atomic E-state index is 0.155. The van der Waals surface area contributed by atoms with Crippen molar-refractivity contribution in [1.82, 2.24) is 10.2 Å². The average Bonchev–Trinajstić information content (AvgIpc) is 2.45. The van der Waals surface area contributed by atoms with Crippen molar-refractivity contribution in [3.63, 3.8) is 0 Å². The number of ether oxygens (including phenoxy) is 1. The third-order valence-corrected chi connectivity index (χ3v) is 3.65. The molecule has 1 aromatic carbocycles. The Bertz CT molecular complexity index is 562. The number of hydrogen-bond acceptors (Lipinski definition) is 3. The van der Waals surface area contributed by atoms with Crippen LogP contribution in [0, 0.1) is 5.82 Å². The number of hydrogen-bond donors (Lipinski definition) is 1. The Hall–Kier alpha value is -2.11. The summed E-state index contributed by atoms with van der Waals surface area (Å²) in [6.07, 6.45) is 0.517. The van der Waals surface area contributed by atoms with Crippen LogP contribution in [0.5, 0.6) is 5.75 Å². The molecule has 2 rings (SSSR count). The van der Waals surface area contributed by atoms with E-state index in [0.717, 1.165) is 0 Å². The molecule has 5 nitrogen and oxygen atoms in total. The molecule has 21 heavy (non-hydrogen) atoms. The van der Waals surface area contributed by atoms with Gasteiger partial charge in [0.05, 0.1) is 7.11 Å². The predicted octanol–water partition coefficient (Wildman–Crippen LogP) is 1.46. The number of carbonyl (C=O) groups is 2. The van der Waals surface area contributed by atoms with Crippen molar-refractivity contribution in [2.24, 2.45) is 0 Å². The summed E-state index contributed by atoms with van der Waals surface area (Å²) < 4.78 is 18.6. The third-order valence-electron chi connectivity index (χ3n) is 3.65. The largest absolute Gasteiger partial charge is 0.494 e. The van der Waals surface area contributed by atoms with E-state index in [1.54, 1.807) is 13.0 Å². The number of nitrogens with one attached hydrogen (secondary N) is 1. The summed E-state index contributed by atoms with van der Waals surface area (Å²) in [5, 5.41) is 2.65. The highest BCUT2D eigenvalue weighted by molar-refractivity contribution is 5.96. The quantitative estimate of drug-likeness (QED) is 0.914. The summed E-state index contributed by atoms with van der Waals surface area (Å²) >= 11 is 0. The topological polar surface area (TPSA) is 58.6 Å². The van der Waals surface area contributed by atoms with Crippen LogP contribution >= 0.6 is 0 Å². The molecule has 0 saturated carbocycles. The normalized spacial score (nSPS) is 22.2. The molecule has 1 aliphatic rings. The zero-order valence-electron chi connectivity index (χ0n) is 12.4. The zero-order chi connectivity index (χ0) is 15.6. The molecule has 0 radical (unpaired) electrons. The summed E-state index contributed by atoms with van der Waals surface area (Å²) in [7, 11) is 1.39. The molecule has 0 bridgehead atoms. The van der Waals surface area contributed by atoms with Crippen LogP contribution in [0.4, 0.5) is 4.39 Å². The minimum atomic E-state index is -0.552. The summed E-state index contributed by atoms with van der Waals surface area (Å²) in [5.74, 6) is -0.650. The first kappa shape index (κ1) is 15.3. The Labute approximate surface area is 123 Å². The molecule has 1 heterocycles. The molecule has 2 unspecified atom stereocenters. The number of benzene rings is 1. The van der Waals surface area contributed by atoms with Crippen LogP contribution < -0.4 is 10.1 Å². The van der Waals surface area contributed by atoms with Gasteiger partial charge in [-0.3, -0.25) is 9.59 Å². The molecule has 1 fully saturated rings. The van der Waals surface area contributed by atoms with E-state index in [0.29, 0.717) is 12.0 Å². The van der Waals surface area contributed by atoms with Crippen LogP contribution in [0.15, 0.2) is 18.2 Å². The Kier molecular flexibility index (Phi) is 4.45. The van der Waals surface area contributed by atoms with E-state index in [1.807, 2.05) is 6.92 Å². The van der Waals surface area contributed by atoms with E-state index in [4.69, 9.17) is 4.74 Å². The van der Waals surface area contributed by atoms with Gasteiger partial charge in [-0.15, -0.1) is 0 Å². The fourth-order valence-corrected chi connectivity index (χ4v) is 2.51. The van der Waals surface area contributed by atoms with Crippen molar-refractivity contribution in [3.8, 4) is 5.75 Å². The van der Waals surface area contributed by atoms with Gasteiger partial charge in [-0.05, 0) is 31.0 Å². The summed E-state index contributed by atoms with van der Waals surface area (Å²) in [6, 6.07) is 3.47. The maximum absolute atomic E-state index is 13.7. The zero-order valence-corrected chi connectivity index (χ0v) is 12.4. The summed E-state index contributed by atoms with van der Waals surface area (Å²) in [6.45, 7) is 3.69. The molecule has 0 aromatic heterocycles.